The second-order valence-corrected chi connectivity index (χ2v) is 8.75. The highest BCUT2D eigenvalue weighted by molar-refractivity contribution is 5.70. The first-order valence-electron chi connectivity index (χ1n) is 11.4. The van der Waals surface area contributed by atoms with E-state index in [2.05, 4.69) is 53.6 Å². The van der Waals surface area contributed by atoms with E-state index in [0.29, 0.717) is 0 Å². The number of hydrogen-bond donors (Lipinski definition) is 1. The Kier molecular flexibility index (Phi) is 5.99. The summed E-state index contributed by atoms with van der Waals surface area (Å²) < 4.78 is 7.60. The summed E-state index contributed by atoms with van der Waals surface area (Å²) in [5, 5.41) is 15.3. The minimum absolute atomic E-state index is 0.149. The molecule has 0 amide bonds. The number of nitrogens with zero attached hydrogens (tertiary/aromatic N) is 3. The summed E-state index contributed by atoms with van der Waals surface area (Å²) in [6, 6.07) is 28.6. The lowest BCUT2D eigenvalue weighted by Crippen LogP contribution is -2.34. The van der Waals surface area contributed by atoms with Crippen LogP contribution in [0.25, 0.3) is 16.9 Å². The van der Waals surface area contributed by atoms with Crippen molar-refractivity contribution in [1.82, 2.24) is 14.7 Å². The van der Waals surface area contributed by atoms with Crippen LogP contribution < -0.4 is 4.74 Å². The maximum absolute atomic E-state index is 10.3. The zero-order chi connectivity index (χ0) is 22.7. The molecule has 0 saturated carbocycles. The van der Waals surface area contributed by atoms with E-state index in [1.807, 2.05) is 47.1 Å². The molecule has 3 aromatic carbocycles. The van der Waals surface area contributed by atoms with E-state index in [1.54, 1.807) is 7.11 Å². The fourth-order valence-electron chi connectivity index (χ4n) is 4.89. The molecule has 5 heteroatoms. The van der Waals surface area contributed by atoms with Gasteiger partial charge in [-0.2, -0.15) is 5.10 Å². The van der Waals surface area contributed by atoms with Crippen molar-refractivity contribution >= 4 is 0 Å². The first kappa shape index (κ1) is 21.4. The molecule has 1 N–H and O–H groups in total. The van der Waals surface area contributed by atoms with Crippen molar-refractivity contribution in [2.24, 2.45) is 0 Å². The number of hydrogen-bond acceptors (Lipinski definition) is 4. The number of aliphatic hydroxyl groups excluding tert-OH is 1. The largest absolute Gasteiger partial charge is 0.496 e. The van der Waals surface area contributed by atoms with Crippen LogP contribution in [0.15, 0.2) is 91.1 Å². The Labute approximate surface area is 194 Å². The molecule has 33 heavy (non-hydrogen) atoms. The van der Waals surface area contributed by atoms with Gasteiger partial charge in [0.15, 0.2) is 0 Å². The maximum Gasteiger partial charge on any atom is 0.128 e. The second kappa shape index (κ2) is 9.22. The van der Waals surface area contributed by atoms with Crippen LogP contribution in [0.1, 0.15) is 17.5 Å². The number of aliphatic hydroxyl groups is 1. The summed E-state index contributed by atoms with van der Waals surface area (Å²) in [5.74, 6) is 0.812. The molecule has 0 radical (unpaired) electrons. The van der Waals surface area contributed by atoms with Crippen molar-refractivity contribution in [3.63, 3.8) is 0 Å². The normalized spacial score (nSPS) is 18.5. The Morgan fingerprint density at radius 2 is 1.64 bits per heavy atom. The molecule has 5 nitrogen and oxygen atoms in total. The molecule has 1 fully saturated rings. The predicted octanol–water partition coefficient (Wildman–Crippen LogP) is 4.68. The second-order valence-electron chi connectivity index (χ2n) is 8.75. The monoisotopic (exact) mass is 439 g/mol. The molecule has 2 heterocycles. The Balaban J connectivity index is 1.49. The van der Waals surface area contributed by atoms with Crippen LogP contribution in [0.4, 0.5) is 0 Å². The van der Waals surface area contributed by atoms with Crippen molar-refractivity contribution in [2.45, 2.75) is 18.4 Å². The minimum Gasteiger partial charge on any atom is -0.496 e. The molecule has 4 aromatic rings. The molecule has 168 valence electrons. The molecule has 1 aromatic heterocycles. The van der Waals surface area contributed by atoms with E-state index in [9.17, 15) is 5.11 Å². The maximum atomic E-state index is 10.3. The van der Waals surface area contributed by atoms with Gasteiger partial charge in [-0.15, -0.1) is 0 Å². The number of likely N-dealkylation sites (tertiary alicyclic amines) is 1. The van der Waals surface area contributed by atoms with Gasteiger partial charge in [0.2, 0.25) is 0 Å². The Morgan fingerprint density at radius 1 is 0.939 bits per heavy atom. The number of rotatable bonds is 7. The summed E-state index contributed by atoms with van der Waals surface area (Å²) in [7, 11) is 1.70. The van der Waals surface area contributed by atoms with Crippen molar-refractivity contribution in [1.29, 1.82) is 0 Å². The van der Waals surface area contributed by atoms with Gasteiger partial charge in [-0.05, 0) is 42.8 Å². The van der Waals surface area contributed by atoms with Gasteiger partial charge in [0.1, 0.15) is 11.4 Å². The summed E-state index contributed by atoms with van der Waals surface area (Å²) in [4.78, 5) is 2.43. The third-order valence-electron chi connectivity index (χ3n) is 6.69. The molecule has 0 spiro atoms. The molecule has 5 rings (SSSR count). The zero-order valence-electron chi connectivity index (χ0n) is 18.9. The van der Waals surface area contributed by atoms with E-state index in [4.69, 9.17) is 9.84 Å². The SMILES string of the molecule is COc1ccccc1-c1nn(-c2ccccc2)cc1CN1CCC(CO)(c2ccccc2)C1. The van der Waals surface area contributed by atoms with Gasteiger partial charge in [0, 0.05) is 35.8 Å². The summed E-state index contributed by atoms with van der Waals surface area (Å²) in [6.07, 6.45) is 3.06. The Morgan fingerprint density at radius 3 is 2.36 bits per heavy atom. The highest BCUT2D eigenvalue weighted by Crippen LogP contribution is 2.37. The van der Waals surface area contributed by atoms with Crippen LogP contribution >= 0.6 is 0 Å². The van der Waals surface area contributed by atoms with E-state index in [0.717, 1.165) is 54.3 Å². The number of methoxy groups -OCH3 is 1. The highest BCUT2D eigenvalue weighted by atomic mass is 16.5. The third-order valence-corrected chi connectivity index (χ3v) is 6.69. The molecular formula is C28H29N3O2. The van der Waals surface area contributed by atoms with Gasteiger partial charge >= 0.3 is 0 Å². The van der Waals surface area contributed by atoms with Gasteiger partial charge in [-0.3, -0.25) is 4.90 Å². The molecule has 1 aliphatic rings. The van der Waals surface area contributed by atoms with Crippen molar-refractivity contribution in [3.8, 4) is 22.7 Å². The standard InChI is InChI=1S/C28H29N3O2/c1-33-26-15-9-8-14-25(26)27-22(19-31(29-27)24-12-6-3-7-13-24)18-30-17-16-28(20-30,21-32)23-10-4-2-5-11-23/h2-15,19,32H,16-18,20-21H2,1H3. The fourth-order valence-corrected chi connectivity index (χ4v) is 4.89. The van der Waals surface area contributed by atoms with Gasteiger partial charge in [0.05, 0.1) is 19.4 Å². The highest BCUT2D eigenvalue weighted by Gasteiger charge is 2.39. The lowest BCUT2D eigenvalue weighted by Gasteiger charge is -2.28. The Bertz CT molecular complexity index is 1210. The van der Waals surface area contributed by atoms with Crippen LogP contribution in [0.5, 0.6) is 5.75 Å². The number of para-hydroxylation sites is 2. The first-order chi connectivity index (χ1) is 16.2. The van der Waals surface area contributed by atoms with Gasteiger partial charge in [-0.25, -0.2) is 4.68 Å². The van der Waals surface area contributed by atoms with Crippen molar-refractivity contribution < 1.29 is 9.84 Å². The summed E-state index contributed by atoms with van der Waals surface area (Å²) in [5.41, 5.74) is 5.07. The van der Waals surface area contributed by atoms with Crippen molar-refractivity contribution in [3.05, 3.63) is 102 Å². The Hall–Kier alpha value is -3.41. The molecule has 1 saturated heterocycles. The van der Waals surface area contributed by atoms with Gasteiger partial charge < -0.3 is 9.84 Å². The summed E-state index contributed by atoms with van der Waals surface area (Å²) in [6.45, 7) is 2.65. The van der Waals surface area contributed by atoms with E-state index in [-0.39, 0.29) is 12.0 Å². The van der Waals surface area contributed by atoms with Crippen LogP contribution in [0.2, 0.25) is 0 Å². The molecule has 1 unspecified atom stereocenters. The zero-order valence-corrected chi connectivity index (χ0v) is 18.9. The molecule has 1 atom stereocenters. The first-order valence-corrected chi connectivity index (χ1v) is 11.4. The smallest absolute Gasteiger partial charge is 0.128 e. The predicted molar refractivity (Wildman–Crippen MR) is 131 cm³/mol. The van der Waals surface area contributed by atoms with Gasteiger partial charge in [-0.1, -0.05) is 60.7 Å². The number of ether oxygens (including phenoxy) is 1. The van der Waals surface area contributed by atoms with Gasteiger partial charge in [0.25, 0.3) is 0 Å². The fraction of sp³-hybridized carbons (Fsp3) is 0.250. The topological polar surface area (TPSA) is 50.5 Å². The molecule has 0 bridgehead atoms. The minimum atomic E-state index is -0.221. The van der Waals surface area contributed by atoms with Crippen LogP contribution in [0.3, 0.4) is 0 Å². The van der Waals surface area contributed by atoms with Crippen LogP contribution in [-0.2, 0) is 12.0 Å². The lowest BCUT2D eigenvalue weighted by atomic mass is 9.80. The number of aromatic nitrogens is 2. The average Bonchev–Trinajstić information content (AvgIpc) is 3.50. The third kappa shape index (κ3) is 4.17. The average molecular weight is 440 g/mol. The van der Waals surface area contributed by atoms with E-state index in [1.165, 1.54) is 5.56 Å². The van der Waals surface area contributed by atoms with E-state index < -0.39 is 0 Å². The van der Waals surface area contributed by atoms with Crippen molar-refractivity contribution in [2.75, 3.05) is 26.8 Å². The molecular weight excluding hydrogens is 410 g/mol. The number of benzene rings is 3. The summed E-state index contributed by atoms with van der Waals surface area (Å²) >= 11 is 0. The quantitative estimate of drug-likeness (QED) is 0.454. The molecule has 0 aliphatic carbocycles. The lowest BCUT2D eigenvalue weighted by molar-refractivity contribution is 0.188. The molecule has 1 aliphatic heterocycles. The van der Waals surface area contributed by atoms with Crippen LogP contribution in [0, 0.1) is 0 Å². The van der Waals surface area contributed by atoms with E-state index >= 15 is 0 Å². The van der Waals surface area contributed by atoms with Crippen LogP contribution in [-0.4, -0.2) is 46.6 Å².